The third-order valence-electron chi connectivity index (χ3n) is 2.77. The number of carbonyl (C=O) groups excluding carboxylic acids is 1. The highest BCUT2D eigenvalue weighted by atomic mass is 19.3. The van der Waals surface area contributed by atoms with Gasteiger partial charge in [0, 0.05) is 6.42 Å². The van der Waals surface area contributed by atoms with Crippen molar-refractivity contribution in [1.29, 1.82) is 0 Å². The lowest BCUT2D eigenvalue weighted by molar-refractivity contribution is -0.124. The topological polar surface area (TPSA) is 55.1 Å². The maximum atomic E-state index is 12.8. The average Bonchev–Trinajstić information content (AvgIpc) is 2.36. The number of amides is 1. The van der Waals surface area contributed by atoms with E-state index in [2.05, 4.69) is 5.32 Å². The van der Waals surface area contributed by atoms with Crippen molar-refractivity contribution in [3.05, 3.63) is 35.6 Å². The van der Waals surface area contributed by atoms with Gasteiger partial charge >= 0.3 is 0 Å². The van der Waals surface area contributed by atoms with Gasteiger partial charge in [0.1, 0.15) is 5.82 Å². The van der Waals surface area contributed by atoms with E-state index in [1.54, 1.807) is 12.1 Å². The molecule has 1 amide bonds. The Bertz CT molecular complexity index is 409. The summed E-state index contributed by atoms with van der Waals surface area (Å²) in [6.07, 6.45) is -2.74. The molecule has 0 fully saturated rings. The largest absolute Gasteiger partial charge is 0.348 e. The molecule has 1 aromatic rings. The molecule has 0 saturated carbocycles. The van der Waals surface area contributed by atoms with Crippen LogP contribution in [0.3, 0.4) is 0 Å². The van der Waals surface area contributed by atoms with Gasteiger partial charge in [-0.15, -0.1) is 0 Å². The number of halogens is 3. The number of nitrogens with two attached hydrogens (primary N) is 1. The quantitative estimate of drug-likeness (QED) is 0.836. The van der Waals surface area contributed by atoms with Gasteiger partial charge in [0.2, 0.25) is 12.3 Å². The van der Waals surface area contributed by atoms with Crippen molar-refractivity contribution in [2.24, 2.45) is 5.73 Å². The van der Waals surface area contributed by atoms with Crippen molar-refractivity contribution in [1.82, 2.24) is 5.32 Å². The Morgan fingerprint density at radius 1 is 1.32 bits per heavy atom. The molecule has 1 aromatic carbocycles. The number of alkyl halides is 2. The molecule has 0 saturated heterocycles. The average molecular weight is 274 g/mol. The molecule has 0 aliphatic heterocycles. The lowest BCUT2D eigenvalue weighted by Crippen LogP contribution is -2.43. The highest BCUT2D eigenvalue weighted by molar-refractivity contribution is 5.81. The predicted molar refractivity (Wildman–Crippen MR) is 66.2 cm³/mol. The van der Waals surface area contributed by atoms with Crippen molar-refractivity contribution in [2.45, 2.75) is 38.3 Å². The number of hydrogen-bond donors (Lipinski definition) is 2. The fourth-order valence-corrected chi connectivity index (χ4v) is 1.69. The van der Waals surface area contributed by atoms with Crippen LogP contribution >= 0.6 is 0 Å². The van der Waals surface area contributed by atoms with E-state index in [0.29, 0.717) is 12.0 Å². The first-order valence-corrected chi connectivity index (χ1v) is 6.03. The minimum absolute atomic E-state index is 0.364. The van der Waals surface area contributed by atoms with E-state index >= 15 is 0 Å². The summed E-state index contributed by atoms with van der Waals surface area (Å²) in [5, 5.41) is 2.59. The molecule has 0 spiro atoms. The third-order valence-corrected chi connectivity index (χ3v) is 2.77. The molecule has 0 aliphatic carbocycles. The molecule has 6 heteroatoms. The SMILES string of the molecule is CC[C@H](NC(=O)C(N)CC(F)F)c1ccc(F)cc1. The molecule has 19 heavy (non-hydrogen) atoms. The van der Waals surface area contributed by atoms with Gasteiger partial charge in [-0.2, -0.15) is 0 Å². The first-order chi connectivity index (χ1) is 8.93. The molecule has 2 atom stereocenters. The molecule has 3 N–H and O–H groups in total. The van der Waals surface area contributed by atoms with Crippen LogP contribution in [0.15, 0.2) is 24.3 Å². The van der Waals surface area contributed by atoms with Crippen molar-refractivity contribution >= 4 is 5.91 Å². The number of rotatable bonds is 6. The zero-order valence-corrected chi connectivity index (χ0v) is 10.6. The fourth-order valence-electron chi connectivity index (χ4n) is 1.69. The molecule has 3 nitrogen and oxygen atoms in total. The van der Waals surface area contributed by atoms with Crippen LogP contribution in [0.5, 0.6) is 0 Å². The van der Waals surface area contributed by atoms with Crippen LogP contribution in [-0.4, -0.2) is 18.4 Å². The van der Waals surface area contributed by atoms with E-state index in [4.69, 9.17) is 5.73 Å². The summed E-state index contributed by atoms with van der Waals surface area (Å²) in [6.45, 7) is 1.83. The molecular weight excluding hydrogens is 257 g/mol. The maximum Gasteiger partial charge on any atom is 0.240 e. The minimum atomic E-state index is -2.62. The van der Waals surface area contributed by atoms with Crippen LogP contribution in [0.1, 0.15) is 31.4 Å². The highest BCUT2D eigenvalue weighted by Gasteiger charge is 2.21. The Labute approximate surface area is 110 Å². The number of hydrogen-bond acceptors (Lipinski definition) is 2. The first-order valence-electron chi connectivity index (χ1n) is 6.03. The van der Waals surface area contributed by atoms with Gasteiger partial charge in [-0.05, 0) is 24.1 Å². The Morgan fingerprint density at radius 3 is 2.37 bits per heavy atom. The van der Waals surface area contributed by atoms with E-state index in [-0.39, 0.29) is 11.9 Å². The Morgan fingerprint density at radius 2 is 1.89 bits per heavy atom. The second-order valence-corrected chi connectivity index (χ2v) is 4.25. The molecule has 0 bridgehead atoms. The highest BCUT2D eigenvalue weighted by Crippen LogP contribution is 2.17. The lowest BCUT2D eigenvalue weighted by Gasteiger charge is -2.20. The number of nitrogens with one attached hydrogen (secondary N) is 1. The normalized spacial score (nSPS) is 14.2. The van der Waals surface area contributed by atoms with Gasteiger partial charge in [-0.25, -0.2) is 13.2 Å². The fraction of sp³-hybridized carbons (Fsp3) is 0.462. The van der Waals surface area contributed by atoms with Crippen molar-refractivity contribution in [2.75, 3.05) is 0 Å². The summed E-state index contributed by atoms with van der Waals surface area (Å²) in [5.74, 6) is -1.00. The minimum Gasteiger partial charge on any atom is -0.348 e. The van der Waals surface area contributed by atoms with Crippen LogP contribution < -0.4 is 11.1 Å². The summed E-state index contributed by atoms with van der Waals surface area (Å²) < 4.78 is 37.1. The Hall–Kier alpha value is -1.56. The van der Waals surface area contributed by atoms with Gasteiger partial charge in [0.25, 0.3) is 0 Å². The van der Waals surface area contributed by atoms with Gasteiger partial charge in [0.05, 0.1) is 12.1 Å². The second-order valence-electron chi connectivity index (χ2n) is 4.25. The molecule has 106 valence electrons. The zero-order chi connectivity index (χ0) is 14.4. The first kappa shape index (κ1) is 15.5. The summed E-state index contributed by atoms with van der Waals surface area (Å²) in [6, 6.07) is 4.04. The smallest absolute Gasteiger partial charge is 0.240 e. The van der Waals surface area contributed by atoms with Crippen LogP contribution in [0, 0.1) is 5.82 Å². The molecule has 0 radical (unpaired) electrons. The Balaban J connectivity index is 2.66. The van der Waals surface area contributed by atoms with Crippen LogP contribution in [0.2, 0.25) is 0 Å². The van der Waals surface area contributed by atoms with E-state index in [1.807, 2.05) is 6.92 Å². The standard InChI is InChI=1S/C13H17F3N2O/c1-2-11(8-3-5-9(14)6-4-8)18-13(19)10(17)7-12(15)16/h3-6,10-12H,2,7,17H2,1H3,(H,18,19)/t10?,11-/m0/s1. The third kappa shape index (κ3) is 4.90. The summed E-state index contributed by atoms with van der Waals surface area (Å²) in [5.41, 5.74) is 6.08. The number of carbonyl (C=O) groups is 1. The monoisotopic (exact) mass is 274 g/mol. The van der Waals surface area contributed by atoms with Gasteiger partial charge in [-0.3, -0.25) is 4.79 Å². The molecule has 0 aromatic heterocycles. The van der Waals surface area contributed by atoms with Crippen LogP contribution in [-0.2, 0) is 4.79 Å². The molecule has 0 heterocycles. The van der Waals surface area contributed by atoms with Crippen LogP contribution in [0.25, 0.3) is 0 Å². The Kier molecular flexibility index (Phi) is 5.82. The van der Waals surface area contributed by atoms with E-state index in [0.717, 1.165) is 0 Å². The lowest BCUT2D eigenvalue weighted by atomic mass is 10.0. The van der Waals surface area contributed by atoms with E-state index in [1.165, 1.54) is 12.1 Å². The van der Waals surface area contributed by atoms with Gasteiger partial charge in [-0.1, -0.05) is 19.1 Å². The van der Waals surface area contributed by atoms with Gasteiger partial charge < -0.3 is 11.1 Å². The van der Waals surface area contributed by atoms with Crippen molar-refractivity contribution in [3.63, 3.8) is 0 Å². The van der Waals surface area contributed by atoms with Gasteiger partial charge in [0.15, 0.2) is 0 Å². The second kappa shape index (κ2) is 7.13. The van der Waals surface area contributed by atoms with E-state index < -0.39 is 24.8 Å². The predicted octanol–water partition coefficient (Wildman–Crippen LogP) is 2.38. The van der Waals surface area contributed by atoms with Crippen molar-refractivity contribution < 1.29 is 18.0 Å². The molecule has 1 rings (SSSR count). The zero-order valence-electron chi connectivity index (χ0n) is 10.6. The molecule has 0 aliphatic rings. The summed E-state index contributed by atoms with van der Waals surface area (Å²) in [4.78, 5) is 11.6. The molecule has 1 unspecified atom stereocenters. The molecular formula is C13H17F3N2O. The summed E-state index contributed by atoms with van der Waals surface area (Å²) in [7, 11) is 0. The van der Waals surface area contributed by atoms with E-state index in [9.17, 15) is 18.0 Å². The number of benzene rings is 1. The van der Waals surface area contributed by atoms with Crippen molar-refractivity contribution in [3.8, 4) is 0 Å². The summed E-state index contributed by atoms with van der Waals surface area (Å²) >= 11 is 0. The van der Waals surface area contributed by atoms with Crippen LogP contribution in [0.4, 0.5) is 13.2 Å². The maximum absolute atomic E-state index is 12.8.